The quantitative estimate of drug-likeness (QED) is 0.481. The Hall–Kier alpha value is -3.07. The molecule has 0 unspecified atom stereocenters. The number of thioether (sulfide) groups is 1. The summed E-state index contributed by atoms with van der Waals surface area (Å²) in [5.41, 5.74) is 9.64. The van der Waals surface area contributed by atoms with Crippen molar-refractivity contribution in [1.29, 1.82) is 0 Å². The lowest BCUT2D eigenvalue weighted by molar-refractivity contribution is 0.102. The summed E-state index contributed by atoms with van der Waals surface area (Å²) in [5.74, 6) is 2.60. The number of nitrogens with two attached hydrogens (primary N) is 1. The van der Waals surface area contributed by atoms with Gasteiger partial charge in [-0.25, -0.2) is 0 Å². The number of aryl methyl sites for hydroxylation is 1. The first-order chi connectivity index (χ1) is 15.0. The van der Waals surface area contributed by atoms with Crippen LogP contribution in [0.15, 0.2) is 30.3 Å². The van der Waals surface area contributed by atoms with Crippen LogP contribution < -0.4 is 15.8 Å². The van der Waals surface area contributed by atoms with Gasteiger partial charge in [-0.15, -0.1) is 11.8 Å². The molecule has 8 nitrogen and oxygen atoms in total. The minimum Gasteiger partial charge on any atom is -0.495 e. The van der Waals surface area contributed by atoms with Gasteiger partial charge in [-0.2, -0.15) is 15.0 Å². The standard InChI is InChI=1S/C22H26N6O2S/c1-13-10-16(14(2)28(13)15-8-9-15)18(29)11-31-12-20-25-21(23)27-22(26-20)24-17-6-4-5-7-19(17)30-3/h4-7,10,15H,8-9,11-12H2,1-3H3,(H3,23,24,25,26,27). The van der Waals surface area contributed by atoms with E-state index in [4.69, 9.17) is 10.5 Å². The van der Waals surface area contributed by atoms with Gasteiger partial charge in [0.2, 0.25) is 11.9 Å². The second kappa shape index (κ2) is 8.97. The van der Waals surface area contributed by atoms with Crippen LogP contribution in [0.25, 0.3) is 0 Å². The molecule has 1 fully saturated rings. The Morgan fingerprint density at radius 3 is 2.77 bits per heavy atom. The largest absolute Gasteiger partial charge is 0.495 e. The van der Waals surface area contributed by atoms with Crippen molar-refractivity contribution in [3.05, 3.63) is 53.1 Å². The van der Waals surface area contributed by atoms with Crippen LogP contribution >= 0.6 is 11.8 Å². The van der Waals surface area contributed by atoms with Crippen molar-refractivity contribution in [1.82, 2.24) is 19.5 Å². The average Bonchev–Trinajstić information content (AvgIpc) is 3.52. The molecule has 1 saturated carbocycles. The van der Waals surface area contributed by atoms with Gasteiger partial charge in [0, 0.05) is 23.0 Å². The summed E-state index contributed by atoms with van der Waals surface area (Å²) in [4.78, 5) is 25.6. The third kappa shape index (κ3) is 4.82. The molecule has 0 spiro atoms. The van der Waals surface area contributed by atoms with Gasteiger partial charge in [0.05, 0.1) is 24.3 Å². The van der Waals surface area contributed by atoms with Crippen LogP contribution in [-0.2, 0) is 5.75 Å². The van der Waals surface area contributed by atoms with E-state index >= 15 is 0 Å². The third-order valence-corrected chi connectivity index (χ3v) is 6.14. The number of anilines is 3. The van der Waals surface area contributed by atoms with Gasteiger partial charge >= 0.3 is 0 Å². The fourth-order valence-electron chi connectivity index (χ4n) is 3.69. The molecule has 0 amide bonds. The zero-order chi connectivity index (χ0) is 22.0. The fourth-order valence-corrected chi connectivity index (χ4v) is 4.45. The summed E-state index contributed by atoms with van der Waals surface area (Å²) in [6.07, 6.45) is 2.40. The number of ketones is 1. The molecule has 0 atom stereocenters. The summed E-state index contributed by atoms with van der Waals surface area (Å²) >= 11 is 1.47. The minimum atomic E-state index is 0.124. The summed E-state index contributed by atoms with van der Waals surface area (Å²) in [7, 11) is 1.60. The lowest BCUT2D eigenvalue weighted by atomic mass is 10.2. The topological polar surface area (TPSA) is 108 Å². The molecular formula is C22H26N6O2S. The van der Waals surface area contributed by atoms with Crippen molar-refractivity contribution in [2.45, 2.75) is 38.5 Å². The average molecular weight is 439 g/mol. The van der Waals surface area contributed by atoms with E-state index in [1.165, 1.54) is 24.6 Å². The SMILES string of the molecule is COc1ccccc1Nc1nc(N)nc(CSCC(=O)c2cc(C)n(C3CC3)c2C)n1. The van der Waals surface area contributed by atoms with E-state index in [9.17, 15) is 4.79 Å². The van der Waals surface area contributed by atoms with Crippen LogP contribution in [-0.4, -0.2) is 38.2 Å². The van der Waals surface area contributed by atoms with Crippen LogP contribution in [0.5, 0.6) is 5.75 Å². The number of carbonyl (C=O) groups excluding carboxylic acids is 1. The first-order valence-electron chi connectivity index (χ1n) is 10.2. The zero-order valence-electron chi connectivity index (χ0n) is 17.9. The second-order valence-electron chi connectivity index (χ2n) is 7.56. The Bertz CT molecular complexity index is 1110. The molecule has 3 aromatic rings. The molecule has 3 N–H and O–H groups in total. The normalized spacial score (nSPS) is 13.3. The van der Waals surface area contributed by atoms with Crippen LogP contribution in [0.4, 0.5) is 17.6 Å². The van der Waals surface area contributed by atoms with Crippen molar-refractivity contribution in [2.75, 3.05) is 23.9 Å². The maximum Gasteiger partial charge on any atom is 0.232 e. The second-order valence-corrected chi connectivity index (χ2v) is 8.55. The number of benzene rings is 1. The maximum atomic E-state index is 12.8. The highest BCUT2D eigenvalue weighted by molar-refractivity contribution is 7.99. The zero-order valence-corrected chi connectivity index (χ0v) is 18.7. The number of para-hydroxylation sites is 2. The highest BCUT2D eigenvalue weighted by Gasteiger charge is 2.28. The molecule has 162 valence electrons. The third-order valence-electron chi connectivity index (χ3n) is 5.21. The maximum absolute atomic E-state index is 12.8. The number of hydrogen-bond donors (Lipinski definition) is 2. The molecule has 1 aliphatic rings. The Labute approximate surface area is 185 Å². The van der Waals surface area contributed by atoms with E-state index in [1.54, 1.807) is 7.11 Å². The highest BCUT2D eigenvalue weighted by Crippen LogP contribution is 2.38. The molecule has 2 heterocycles. The van der Waals surface area contributed by atoms with Crippen LogP contribution in [0, 0.1) is 13.8 Å². The van der Waals surface area contributed by atoms with Gasteiger partial charge < -0.3 is 20.4 Å². The first kappa shape index (κ1) is 21.2. The van der Waals surface area contributed by atoms with Crippen molar-refractivity contribution in [2.24, 2.45) is 0 Å². The van der Waals surface area contributed by atoms with Crippen molar-refractivity contribution < 1.29 is 9.53 Å². The molecule has 9 heteroatoms. The number of carbonyl (C=O) groups is 1. The molecule has 1 aliphatic carbocycles. The van der Waals surface area contributed by atoms with Crippen molar-refractivity contribution in [3.63, 3.8) is 0 Å². The monoisotopic (exact) mass is 438 g/mol. The minimum absolute atomic E-state index is 0.124. The molecule has 4 rings (SSSR count). The molecule has 31 heavy (non-hydrogen) atoms. The number of methoxy groups -OCH3 is 1. The van der Waals surface area contributed by atoms with E-state index < -0.39 is 0 Å². The van der Waals surface area contributed by atoms with Crippen molar-refractivity contribution >= 4 is 35.1 Å². The van der Waals surface area contributed by atoms with Crippen molar-refractivity contribution in [3.8, 4) is 5.75 Å². The highest BCUT2D eigenvalue weighted by atomic mass is 32.2. The molecule has 1 aromatic carbocycles. The van der Waals surface area contributed by atoms with Gasteiger partial charge in [-0.3, -0.25) is 4.79 Å². The lowest BCUT2D eigenvalue weighted by Gasteiger charge is -2.10. The summed E-state index contributed by atoms with van der Waals surface area (Å²) < 4.78 is 7.63. The number of nitrogens with one attached hydrogen (secondary N) is 1. The first-order valence-corrected chi connectivity index (χ1v) is 11.3. The number of ether oxygens (including phenoxy) is 1. The van der Waals surface area contributed by atoms with E-state index in [0.717, 1.165) is 22.6 Å². The molecule has 0 radical (unpaired) electrons. The number of aromatic nitrogens is 4. The molecular weight excluding hydrogens is 412 g/mol. The van der Waals surface area contributed by atoms with Gasteiger partial charge in [0.15, 0.2) is 5.78 Å². The van der Waals surface area contributed by atoms with E-state index in [0.29, 0.717) is 35.1 Å². The van der Waals surface area contributed by atoms with Gasteiger partial charge in [-0.1, -0.05) is 12.1 Å². The van der Waals surface area contributed by atoms with Crippen LogP contribution in [0.1, 0.15) is 46.5 Å². The summed E-state index contributed by atoms with van der Waals surface area (Å²) in [6, 6.07) is 10.0. The van der Waals surface area contributed by atoms with Gasteiger partial charge in [0.1, 0.15) is 11.6 Å². The molecule has 2 aromatic heterocycles. The molecule has 0 bridgehead atoms. The summed E-state index contributed by atoms with van der Waals surface area (Å²) in [5, 5.41) is 3.12. The Morgan fingerprint density at radius 1 is 1.26 bits per heavy atom. The van der Waals surface area contributed by atoms with Gasteiger partial charge in [0.25, 0.3) is 0 Å². The Morgan fingerprint density at radius 2 is 2.03 bits per heavy atom. The summed E-state index contributed by atoms with van der Waals surface area (Å²) in [6.45, 7) is 4.10. The predicted octanol–water partition coefficient (Wildman–Crippen LogP) is 4.08. The Kier molecular flexibility index (Phi) is 6.13. The predicted molar refractivity (Wildman–Crippen MR) is 123 cm³/mol. The van der Waals surface area contributed by atoms with Crippen LogP contribution in [0.3, 0.4) is 0 Å². The fraction of sp³-hybridized carbons (Fsp3) is 0.364. The van der Waals surface area contributed by atoms with E-state index in [-0.39, 0.29) is 11.7 Å². The number of nitrogen functional groups attached to an aromatic ring is 1. The number of Topliss-reactive ketones (excluding diaryl/α,β-unsaturated/α-hetero) is 1. The van der Waals surface area contributed by atoms with E-state index in [1.807, 2.05) is 37.3 Å². The van der Waals surface area contributed by atoms with E-state index in [2.05, 4.69) is 31.8 Å². The lowest BCUT2D eigenvalue weighted by Crippen LogP contribution is -2.09. The Balaban J connectivity index is 1.40. The number of hydrogen-bond acceptors (Lipinski definition) is 8. The molecule has 0 saturated heterocycles. The van der Waals surface area contributed by atoms with Gasteiger partial charge in [-0.05, 0) is 44.9 Å². The molecule has 0 aliphatic heterocycles. The number of rotatable bonds is 9. The number of nitrogens with zero attached hydrogens (tertiary/aromatic N) is 4. The smallest absolute Gasteiger partial charge is 0.232 e. The van der Waals surface area contributed by atoms with Crippen LogP contribution in [0.2, 0.25) is 0 Å².